The average molecular weight is 1060 g/mol. The van der Waals surface area contributed by atoms with Gasteiger partial charge in [0.05, 0.1) is 44.5 Å². The van der Waals surface area contributed by atoms with Gasteiger partial charge in [0.1, 0.15) is 0 Å². The zero-order chi connectivity index (χ0) is 55.9. The molecule has 1 aliphatic rings. The summed E-state index contributed by atoms with van der Waals surface area (Å²) < 4.78 is 2.50. The van der Waals surface area contributed by atoms with E-state index in [9.17, 15) is 0 Å². The van der Waals surface area contributed by atoms with Gasteiger partial charge < -0.3 is 19.3 Å². The van der Waals surface area contributed by atoms with E-state index >= 15 is 0 Å². The van der Waals surface area contributed by atoms with Crippen LogP contribution in [0.3, 0.4) is 0 Å². The molecule has 12 rings (SSSR count). The van der Waals surface area contributed by atoms with Crippen molar-refractivity contribution in [3.05, 3.63) is 263 Å². The van der Waals surface area contributed by atoms with E-state index in [1.807, 2.05) is 0 Å². The van der Waals surface area contributed by atoms with E-state index in [4.69, 9.17) is 11.6 Å². The van der Waals surface area contributed by atoms with Crippen molar-refractivity contribution in [2.24, 2.45) is 0 Å². The maximum absolute atomic E-state index is 8.52. The van der Waals surface area contributed by atoms with Gasteiger partial charge in [-0.2, -0.15) is 0 Å². The molecule has 398 valence electrons. The molecule has 0 bridgehead atoms. The van der Waals surface area contributed by atoms with Crippen LogP contribution in [0.4, 0.5) is 51.2 Å². The summed E-state index contributed by atoms with van der Waals surface area (Å²) in [6.07, 6.45) is 0. The largest absolute Gasteiger partial charge is 0.310 e. The second-order valence-electron chi connectivity index (χ2n) is 25.3. The Morgan fingerprint density at radius 2 is 0.750 bits per heavy atom. The first-order valence-electron chi connectivity index (χ1n) is 28.2. The number of para-hydroxylation sites is 4. The molecule has 1 aliphatic carbocycles. The lowest BCUT2D eigenvalue weighted by Gasteiger charge is -2.35. The van der Waals surface area contributed by atoms with Crippen molar-refractivity contribution < 1.29 is 0 Å². The highest BCUT2D eigenvalue weighted by Gasteiger charge is 2.41. The Labute approximate surface area is 479 Å². The summed E-state index contributed by atoms with van der Waals surface area (Å²) in [6, 6.07) is 84.8. The minimum Gasteiger partial charge on any atom is -0.310 e. The molecule has 0 aliphatic heterocycles. The van der Waals surface area contributed by atoms with Crippen LogP contribution in [0.5, 0.6) is 0 Å². The number of halogens is 1. The Hall–Kier alpha value is -8.31. The lowest BCUT2D eigenvalue weighted by atomic mass is 9.81. The number of hydrogen-bond acceptors (Lipinski definition) is 3. The average Bonchev–Trinajstić information content (AvgIpc) is 4.10. The lowest BCUT2D eigenvalue weighted by molar-refractivity contribution is 0.590. The Morgan fingerprint density at radius 1 is 0.362 bits per heavy atom. The Balaban J connectivity index is 1.21. The van der Waals surface area contributed by atoms with Crippen LogP contribution in [0.1, 0.15) is 104 Å². The smallest absolute Gasteiger partial charge is 0.0888 e. The third-order valence-corrected chi connectivity index (χ3v) is 16.9. The maximum Gasteiger partial charge on any atom is 0.0888 e. The van der Waals surface area contributed by atoms with Crippen molar-refractivity contribution in [3.63, 3.8) is 0 Å². The molecule has 0 unspecified atom stereocenters. The van der Waals surface area contributed by atoms with Crippen molar-refractivity contribution in [2.75, 3.05) is 14.7 Å². The fraction of sp³-hybridized carbons (Fsp3) is 0.200. The standard InChI is InChI=1S/C75H71ClN4/c1-72(2,3)50-34-40-55(41-35-50)78(56-42-36-51(37-43-56)73(4,5)6)67-48-58(77(53-24-14-12-15-25-53)54-26-16-13-17-27-54)49-68(71(67)76)79(57-44-38-52(39-45-57)74(7,8)9)65-46-47-66(70-69(65)61-30-18-21-31-62(61)75(70,10)11)80-63-32-22-19-28-59(63)60-29-20-23-33-64(60)80/h12-49H,1-11H3. The maximum atomic E-state index is 8.52. The molecule has 80 heavy (non-hydrogen) atoms. The number of rotatable bonds is 10. The lowest BCUT2D eigenvalue weighted by Crippen LogP contribution is -2.20. The molecule has 5 heteroatoms. The summed E-state index contributed by atoms with van der Waals surface area (Å²) in [4.78, 5) is 7.17. The molecule has 4 nitrogen and oxygen atoms in total. The van der Waals surface area contributed by atoms with Gasteiger partial charge in [-0.25, -0.2) is 0 Å². The molecule has 0 fully saturated rings. The summed E-state index contributed by atoms with van der Waals surface area (Å²) in [5.41, 5.74) is 20.4. The molecule has 0 saturated heterocycles. The Bertz CT molecular complexity index is 3930. The SMILES string of the molecule is CC(C)(C)c1ccc(N(c2ccc(C(C)(C)C)cc2)c2cc(N(c3ccccc3)c3ccccc3)cc(N(c3ccc(C(C)(C)C)cc3)c3ccc(-n4c5ccccc5c5ccccc54)c4c3-c3ccccc3C4(C)C)c2Cl)cc1. The summed E-state index contributed by atoms with van der Waals surface area (Å²) in [5.74, 6) is 0. The highest BCUT2D eigenvalue weighted by atomic mass is 35.5. The van der Waals surface area contributed by atoms with E-state index in [1.54, 1.807) is 0 Å². The van der Waals surface area contributed by atoms with E-state index in [0.29, 0.717) is 5.02 Å². The minimum absolute atomic E-state index is 0.0398. The molecular formula is C75H71ClN4. The molecule has 10 aromatic carbocycles. The van der Waals surface area contributed by atoms with E-state index in [0.717, 1.165) is 56.9 Å². The molecule has 0 spiro atoms. The zero-order valence-corrected chi connectivity index (χ0v) is 48.9. The third-order valence-electron chi connectivity index (χ3n) is 16.5. The molecule has 0 N–H and O–H groups in total. The number of anilines is 9. The topological polar surface area (TPSA) is 14.7 Å². The molecule has 1 heterocycles. The number of fused-ring (bicyclic) bond motifs is 6. The predicted octanol–water partition coefficient (Wildman–Crippen LogP) is 22.0. The van der Waals surface area contributed by atoms with Crippen LogP contribution < -0.4 is 14.7 Å². The van der Waals surface area contributed by atoms with E-state index < -0.39 is 5.41 Å². The normalized spacial score (nSPS) is 13.1. The summed E-state index contributed by atoms with van der Waals surface area (Å²) in [5, 5.41) is 3.08. The first-order valence-corrected chi connectivity index (χ1v) is 28.6. The molecule has 0 saturated carbocycles. The van der Waals surface area contributed by atoms with Gasteiger partial charge in [-0.1, -0.05) is 221 Å². The predicted molar refractivity (Wildman–Crippen MR) is 344 cm³/mol. The molecule has 1 aromatic heterocycles. The monoisotopic (exact) mass is 1060 g/mol. The van der Waals surface area contributed by atoms with Crippen LogP contribution in [0.15, 0.2) is 231 Å². The van der Waals surface area contributed by atoms with Gasteiger partial charge in [0.15, 0.2) is 0 Å². The number of nitrogens with zero attached hydrogens (tertiary/aromatic N) is 4. The van der Waals surface area contributed by atoms with Gasteiger partial charge in [-0.3, -0.25) is 0 Å². The summed E-state index contributed by atoms with van der Waals surface area (Å²) in [6.45, 7) is 25.3. The van der Waals surface area contributed by atoms with Crippen molar-refractivity contribution in [3.8, 4) is 16.8 Å². The Kier molecular flexibility index (Phi) is 13.0. The first kappa shape index (κ1) is 52.4. The highest BCUT2D eigenvalue weighted by Crippen LogP contribution is 2.59. The van der Waals surface area contributed by atoms with E-state index in [1.165, 1.54) is 60.8 Å². The van der Waals surface area contributed by atoms with Crippen LogP contribution in [-0.2, 0) is 21.7 Å². The highest BCUT2D eigenvalue weighted by molar-refractivity contribution is 6.37. The van der Waals surface area contributed by atoms with Crippen LogP contribution in [0, 0.1) is 0 Å². The van der Waals surface area contributed by atoms with Gasteiger partial charge in [-0.05, 0) is 147 Å². The van der Waals surface area contributed by atoms with Crippen molar-refractivity contribution in [1.29, 1.82) is 0 Å². The first-order chi connectivity index (χ1) is 38.3. The molecular weight excluding hydrogens is 992 g/mol. The quantitative estimate of drug-likeness (QED) is 0.136. The fourth-order valence-electron chi connectivity index (χ4n) is 12.2. The summed E-state index contributed by atoms with van der Waals surface area (Å²) in [7, 11) is 0. The van der Waals surface area contributed by atoms with Crippen molar-refractivity contribution in [1.82, 2.24) is 4.57 Å². The van der Waals surface area contributed by atoms with Gasteiger partial charge in [-0.15, -0.1) is 0 Å². The van der Waals surface area contributed by atoms with E-state index in [-0.39, 0.29) is 16.2 Å². The summed E-state index contributed by atoms with van der Waals surface area (Å²) >= 11 is 8.52. The van der Waals surface area contributed by atoms with Crippen molar-refractivity contribution in [2.45, 2.75) is 97.8 Å². The van der Waals surface area contributed by atoms with Crippen molar-refractivity contribution >= 4 is 84.6 Å². The zero-order valence-electron chi connectivity index (χ0n) is 48.1. The van der Waals surface area contributed by atoms with Gasteiger partial charge >= 0.3 is 0 Å². The third kappa shape index (κ3) is 9.14. The number of hydrogen-bond donors (Lipinski definition) is 0. The molecule has 0 atom stereocenters. The fourth-order valence-corrected chi connectivity index (χ4v) is 12.5. The molecule has 0 radical (unpaired) electrons. The van der Waals surface area contributed by atoms with Crippen LogP contribution >= 0.6 is 11.6 Å². The number of aromatic nitrogens is 1. The van der Waals surface area contributed by atoms with Gasteiger partial charge in [0, 0.05) is 50.2 Å². The molecule has 11 aromatic rings. The molecule has 0 amide bonds. The second-order valence-corrected chi connectivity index (χ2v) is 25.6. The Morgan fingerprint density at radius 3 is 1.21 bits per heavy atom. The van der Waals surface area contributed by atoms with Crippen LogP contribution in [0.25, 0.3) is 38.6 Å². The van der Waals surface area contributed by atoms with Gasteiger partial charge in [0.2, 0.25) is 0 Å². The minimum atomic E-state index is -0.394. The van der Waals surface area contributed by atoms with Crippen LogP contribution in [-0.4, -0.2) is 4.57 Å². The van der Waals surface area contributed by atoms with E-state index in [2.05, 4.69) is 326 Å². The second kappa shape index (κ2) is 19.8. The van der Waals surface area contributed by atoms with Gasteiger partial charge in [0.25, 0.3) is 0 Å². The number of benzene rings is 10. The van der Waals surface area contributed by atoms with Crippen LogP contribution in [0.2, 0.25) is 5.02 Å².